The van der Waals surface area contributed by atoms with Gasteiger partial charge in [0.15, 0.2) is 0 Å². The van der Waals surface area contributed by atoms with Gasteiger partial charge >= 0.3 is 0 Å². The molecule has 1 fully saturated rings. The van der Waals surface area contributed by atoms with Crippen LogP contribution in [-0.2, 0) is 46.4 Å². The van der Waals surface area contributed by atoms with Crippen LogP contribution in [0.15, 0.2) is 54.7 Å². The highest BCUT2D eigenvalue weighted by molar-refractivity contribution is 6.00. The van der Waals surface area contributed by atoms with E-state index < -0.39 is 70.5 Å². The number of hydrogen-bond acceptors (Lipinski definition) is 10. The number of primary amides is 1. The fourth-order valence-corrected chi connectivity index (χ4v) is 8.76. The molecule has 19 heteroatoms. The number of nitro benzene ring substituents is 1. The molecule has 336 valence electrons. The summed E-state index contributed by atoms with van der Waals surface area (Å²) in [6.07, 6.45) is 5.54. The summed E-state index contributed by atoms with van der Waals surface area (Å²) in [7, 11) is 1.99. The van der Waals surface area contributed by atoms with Gasteiger partial charge in [0.05, 0.1) is 10.8 Å². The van der Waals surface area contributed by atoms with E-state index in [1.165, 1.54) is 41.7 Å². The fraction of sp³-hybridized carbons (Fsp3) is 0.477. The standard InChI is InChI=1S/C44H56N10O9/c1-24(2)39(51-41(58)28-20-31-30-7-5-8-32-38(30)27(22-48-32)21-36(31)52(4)23-28)43(60)50-34(19-26-10-12-29(13-11-26)54(62)63)44(61)53-18-6-9-35(53)42(59)47-17-16-46-37(56)15-14-33(40(45)57)49-25(3)55/h5,7-8,10-13,20,22,24,28,33-36,39,48H,6,9,14-19,21,23H2,1-4H3,(H2,45,57)(H,46,56)(H,47,59)(H,49,55)(H,50,60)(H,51,58)/t28-,33+,34+,35+,36-,39+/m1/s1. The van der Waals surface area contributed by atoms with Crippen LogP contribution in [0.25, 0.3) is 16.5 Å². The number of non-ortho nitro benzene ring substituents is 1. The number of fused-ring (bicyclic) bond motifs is 2. The summed E-state index contributed by atoms with van der Waals surface area (Å²) in [5.74, 6) is -4.53. The van der Waals surface area contributed by atoms with E-state index >= 15 is 0 Å². The highest BCUT2D eigenvalue weighted by atomic mass is 16.6. The minimum Gasteiger partial charge on any atom is -0.368 e. The summed E-state index contributed by atoms with van der Waals surface area (Å²) < 4.78 is 0. The van der Waals surface area contributed by atoms with Crippen LogP contribution in [0.5, 0.6) is 0 Å². The number of carbonyl (C=O) groups excluding carboxylic acids is 7. The lowest BCUT2D eigenvalue weighted by Crippen LogP contribution is -2.59. The average Bonchev–Trinajstić information content (AvgIpc) is 3.91. The van der Waals surface area contributed by atoms with E-state index in [0.29, 0.717) is 24.9 Å². The van der Waals surface area contributed by atoms with E-state index in [1.807, 2.05) is 31.5 Å². The molecule has 1 aliphatic carbocycles. The molecule has 0 bridgehead atoms. The quantitative estimate of drug-likeness (QED) is 0.0537. The van der Waals surface area contributed by atoms with E-state index in [0.717, 1.165) is 28.5 Å². The number of amides is 7. The summed E-state index contributed by atoms with van der Waals surface area (Å²) >= 11 is 0. The van der Waals surface area contributed by atoms with Crippen LogP contribution < -0.4 is 32.3 Å². The minimum atomic E-state index is -1.20. The average molecular weight is 869 g/mol. The van der Waals surface area contributed by atoms with Gasteiger partial charge in [0.1, 0.15) is 24.2 Å². The lowest BCUT2D eigenvalue weighted by Gasteiger charge is -2.39. The first kappa shape index (κ1) is 45.9. The molecule has 1 saturated heterocycles. The van der Waals surface area contributed by atoms with Crippen molar-refractivity contribution in [3.8, 4) is 0 Å². The molecule has 3 aliphatic rings. The second-order valence-corrected chi connectivity index (χ2v) is 16.9. The van der Waals surface area contributed by atoms with Gasteiger partial charge in [-0.25, -0.2) is 0 Å². The second-order valence-electron chi connectivity index (χ2n) is 16.9. The van der Waals surface area contributed by atoms with Gasteiger partial charge in [0.2, 0.25) is 41.4 Å². The van der Waals surface area contributed by atoms with Crippen molar-refractivity contribution in [1.29, 1.82) is 0 Å². The van der Waals surface area contributed by atoms with Gasteiger partial charge < -0.3 is 42.2 Å². The normalized spacial score (nSPS) is 19.5. The Kier molecular flexibility index (Phi) is 14.6. The number of aromatic nitrogens is 1. The van der Waals surface area contributed by atoms with Gasteiger partial charge in [-0.3, -0.25) is 48.6 Å². The molecule has 1 aromatic heterocycles. The van der Waals surface area contributed by atoms with E-state index in [1.54, 1.807) is 13.8 Å². The van der Waals surface area contributed by atoms with Crippen molar-refractivity contribution in [2.45, 2.75) is 89.5 Å². The number of nitrogens with one attached hydrogen (secondary N) is 6. The fourth-order valence-electron chi connectivity index (χ4n) is 8.76. The number of likely N-dealkylation sites (tertiary alicyclic amines) is 1. The summed E-state index contributed by atoms with van der Waals surface area (Å²) in [6.45, 7) is 5.56. The van der Waals surface area contributed by atoms with Crippen LogP contribution in [0.1, 0.15) is 63.1 Å². The molecule has 8 N–H and O–H groups in total. The smallest absolute Gasteiger partial charge is 0.269 e. The van der Waals surface area contributed by atoms with Crippen molar-refractivity contribution in [2.24, 2.45) is 17.6 Å². The first-order valence-corrected chi connectivity index (χ1v) is 21.3. The summed E-state index contributed by atoms with van der Waals surface area (Å²) in [5, 5.41) is 26.1. The maximum absolute atomic E-state index is 14.4. The number of carbonyl (C=O) groups is 7. The maximum Gasteiger partial charge on any atom is 0.269 e. The molecule has 3 heterocycles. The monoisotopic (exact) mass is 868 g/mol. The van der Waals surface area contributed by atoms with Crippen molar-refractivity contribution in [3.63, 3.8) is 0 Å². The molecule has 2 aliphatic heterocycles. The molecule has 6 rings (SSSR count). The number of nitrogens with two attached hydrogens (primary N) is 1. The Morgan fingerprint density at radius 2 is 1.68 bits per heavy atom. The van der Waals surface area contributed by atoms with Crippen molar-refractivity contribution in [2.75, 3.05) is 33.2 Å². The largest absolute Gasteiger partial charge is 0.368 e. The van der Waals surface area contributed by atoms with Crippen LogP contribution in [0.4, 0.5) is 5.69 Å². The lowest BCUT2D eigenvalue weighted by molar-refractivity contribution is -0.384. The molecule has 6 atom stereocenters. The molecule has 63 heavy (non-hydrogen) atoms. The zero-order valence-electron chi connectivity index (χ0n) is 35.9. The van der Waals surface area contributed by atoms with E-state index in [2.05, 4.69) is 42.5 Å². The number of nitrogens with zero attached hydrogens (tertiary/aromatic N) is 3. The van der Waals surface area contributed by atoms with Crippen LogP contribution in [0, 0.1) is 22.0 Å². The molecule has 0 radical (unpaired) electrons. The molecule has 0 saturated carbocycles. The number of hydrogen-bond donors (Lipinski definition) is 7. The van der Waals surface area contributed by atoms with Crippen molar-refractivity contribution in [3.05, 3.63) is 81.5 Å². The molecule has 2 aromatic carbocycles. The summed E-state index contributed by atoms with van der Waals surface area (Å²) in [6, 6.07) is 7.69. The zero-order chi connectivity index (χ0) is 45.5. The highest BCUT2D eigenvalue weighted by Crippen LogP contribution is 2.40. The van der Waals surface area contributed by atoms with E-state index in [-0.39, 0.29) is 62.5 Å². The lowest BCUT2D eigenvalue weighted by atomic mass is 9.79. The van der Waals surface area contributed by atoms with Gasteiger partial charge in [-0.1, -0.05) is 44.2 Å². The van der Waals surface area contributed by atoms with E-state index in [9.17, 15) is 43.7 Å². The van der Waals surface area contributed by atoms with Gasteiger partial charge in [0, 0.05) is 81.2 Å². The number of nitro groups is 1. The Bertz CT molecular complexity index is 2290. The SMILES string of the molecule is CC(=O)N[C@@H](CCC(=O)NCCNC(=O)[C@@H]1CCCN1C(=O)[C@H](Cc1ccc([N+](=O)[O-])cc1)NC(=O)[C@@H](NC(=O)[C@@H]1C=C2c3cccc4[nH]cc(c34)C[C@H]2N(C)C1)C(C)C)C(N)=O. The Morgan fingerprint density at radius 3 is 2.37 bits per heavy atom. The van der Waals surface area contributed by atoms with Gasteiger partial charge in [-0.05, 0) is 67.0 Å². The molecule has 3 aromatic rings. The summed E-state index contributed by atoms with van der Waals surface area (Å²) in [5.41, 5.74) is 10.1. The second kappa shape index (κ2) is 20.0. The number of rotatable bonds is 18. The van der Waals surface area contributed by atoms with Crippen LogP contribution in [-0.4, -0.2) is 124 Å². The maximum atomic E-state index is 14.4. The predicted octanol–water partition coefficient (Wildman–Crippen LogP) is 0.808. The predicted molar refractivity (Wildman–Crippen MR) is 232 cm³/mol. The number of aromatic amines is 1. The van der Waals surface area contributed by atoms with Crippen molar-refractivity contribution in [1.82, 2.24) is 41.4 Å². The third-order valence-electron chi connectivity index (χ3n) is 12.0. The van der Waals surface area contributed by atoms with Crippen LogP contribution in [0.3, 0.4) is 0 Å². The minimum absolute atomic E-state index is 0.00205. The zero-order valence-corrected chi connectivity index (χ0v) is 35.9. The topological polar surface area (TPSA) is 271 Å². The third-order valence-corrected chi connectivity index (χ3v) is 12.0. The number of benzene rings is 2. The number of H-pyrrole nitrogens is 1. The molecule has 0 unspecified atom stereocenters. The summed E-state index contributed by atoms with van der Waals surface area (Å²) in [4.78, 5) is 109. The molecule has 0 spiro atoms. The molecular weight excluding hydrogens is 813 g/mol. The third kappa shape index (κ3) is 10.9. The van der Waals surface area contributed by atoms with Crippen molar-refractivity contribution < 1.29 is 38.5 Å². The number of likely N-dealkylation sites (N-methyl/N-ethyl adjacent to an activating group) is 1. The Balaban J connectivity index is 1.12. The molecule has 19 nitrogen and oxygen atoms in total. The van der Waals surface area contributed by atoms with E-state index in [4.69, 9.17) is 5.73 Å². The molecular formula is C44H56N10O9. The van der Waals surface area contributed by atoms with Gasteiger partial charge in [0.25, 0.3) is 5.69 Å². The Hall–Kier alpha value is -6.63. The van der Waals surface area contributed by atoms with Crippen LogP contribution in [0.2, 0.25) is 0 Å². The first-order chi connectivity index (χ1) is 30.0. The Morgan fingerprint density at radius 1 is 0.952 bits per heavy atom. The van der Waals surface area contributed by atoms with Gasteiger partial charge in [-0.15, -0.1) is 0 Å². The van der Waals surface area contributed by atoms with Crippen molar-refractivity contribution >= 4 is 63.5 Å². The molecule has 7 amide bonds. The first-order valence-electron chi connectivity index (χ1n) is 21.3. The Labute approximate surface area is 364 Å². The van der Waals surface area contributed by atoms with Crippen LogP contribution >= 0.6 is 0 Å². The van der Waals surface area contributed by atoms with Gasteiger partial charge in [-0.2, -0.15) is 0 Å². The highest BCUT2D eigenvalue weighted by Gasteiger charge is 2.40.